The Labute approximate surface area is 125 Å². The first-order chi connectivity index (χ1) is 8.99. The summed E-state index contributed by atoms with van der Waals surface area (Å²) < 4.78 is 14.6. The topological polar surface area (TPSA) is 20.2 Å². The molecule has 0 heterocycles. The Morgan fingerprint density at radius 3 is 2.74 bits per heavy atom. The molecule has 0 saturated carbocycles. The highest BCUT2D eigenvalue weighted by molar-refractivity contribution is 9.10. The zero-order valence-corrected chi connectivity index (χ0v) is 12.7. The molecule has 1 nitrogen and oxygen atoms in total. The molecule has 0 aliphatic heterocycles. The van der Waals surface area contributed by atoms with Gasteiger partial charge in [0, 0.05) is 21.5 Å². The van der Waals surface area contributed by atoms with Crippen molar-refractivity contribution < 1.29 is 9.50 Å². The molecule has 0 aliphatic carbocycles. The predicted octanol–water partition coefficient (Wildman–Crippen LogP) is 4.83. The van der Waals surface area contributed by atoms with Gasteiger partial charge >= 0.3 is 0 Å². The molecular weight excluding hydrogens is 331 g/mol. The first-order valence-corrected chi connectivity index (χ1v) is 7.03. The lowest BCUT2D eigenvalue weighted by molar-refractivity contribution is 0.176. The Morgan fingerprint density at radius 2 is 2.05 bits per heavy atom. The van der Waals surface area contributed by atoms with Crippen molar-refractivity contribution in [3.05, 3.63) is 68.4 Å². The average molecular weight is 344 g/mol. The smallest absolute Gasteiger partial charge is 0.127 e. The zero-order valence-electron chi connectivity index (χ0n) is 10.3. The van der Waals surface area contributed by atoms with Crippen molar-refractivity contribution in [3.8, 4) is 0 Å². The fraction of sp³-hybridized carbons (Fsp3) is 0.200. The highest BCUT2D eigenvalue weighted by Crippen LogP contribution is 2.28. The average Bonchev–Trinajstić information content (AvgIpc) is 2.37. The van der Waals surface area contributed by atoms with E-state index in [1.54, 1.807) is 12.1 Å². The van der Waals surface area contributed by atoms with Gasteiger partial charge in [-0.1, -0.05) is 39.7 Å². The number of aryl methyl sites for hydroxylation is 1. The van der Waals surface area contributed by atoms with Crippen LogP contribution in [0.5, 0.6) is 0 Å². The second-order valence-corrected chi connectivity index (χ2v) is 5.74. The van der Waals surface area contributed by atoms with Gasteiger partial charge in [-0.3, -0.25) is 0 Å². The molecule has 1 unspecified atom stereocenters. The highest BCUT2D eigenvalue weighted by atomic mass is 79.9. The number of halogens is 3. The van der Waals surface area contributed by atoms with Crippen molar-refractivity contribution in [2.24, 2.45) is 0 Å². The van der Waals surface area contributed by atoms with Gasteiger partial charge in [0.25, 0.3) is 0 Å². The van der Waals surface area contributed by atoms with Gasteiger partial charge in [-0.2, -0.15) is 0 Å². The third kappa shape index (κ3) is 3.35. The maximum atomic E-state index is 13.7. The Morgan fingerprint density at radius 1 is 1.32 bits per heavy atom. The van der Waals surface area contributed by atoms with Crippen LogP contribution in [0.25, 0.3) is 0 Å². The van der Waals surface area contributed by atoms with Crippen LogP contribution in [0.1, 0.15) is 22.8 Å². The van der Waals surface area contributed by atoms with Crippen LogP contribution in [0.2, 0.25) is 5.02 Å². The number of aliphatic hydroxyl groups is 1. The largest absolute Gasteiger partial charge is 0.388 e. The molecule has 0 bridgehead atoms. The molecule has 0 fully saturated rings. The van der Waals surface area contributed by atoms with Gasteiger partial charge in [0.2, 0.25) is 0 Å². The van der Waals surface area contributed by atoms with Gasteiger partial charge in [0.05, 0.1) is 6.10 Å². The van der Waals surface area contributed by atoms with Gasteiger partial charge in [-0.25, -0.2) is 4.39 Å². The molecule has 0 amide bonds. The Bertz CT molecular complexity index is 580. The van der Waals surface area contributed by atoms with Crippen LogP contribution in [-0.4, -0.2) is 5.11 Å². The van der Waals surface area contributed by atoms with Crippen molar-refractivity contribution in [2.45, 2.75) is 19.4 Å². The Kier molecular flexibility index (Phi) is 4.61. The first-order valence-electron chi connectivity index (χ1n) is 5.86. The maximum Gasteiger partial charge on any atom is 0.127 e. The van der Waals surface area contributed by atoms with Crippen LogP contribution in [-0.2, 0) is 6.42 Å². The van der Waals surface area contributed by atoms with E-state index in [4.69, 9.17) is 11.6 Å². The van der Waals surface area contributed by atoms with Crippen LogP contribution < -0.4 is 0 Å². The second-order valence-electron chi connectivity index (χ2n) is 4.42. The number of aliphatic hydroxyl groups excluding tert-OH is 1. The summed E-state index contributed by atoms with van der Waals surface area (Å²) in [5, 5.41) is 10.6. The molecule has 0 saturated heterocycles. The van der Waals surface area contributed by atoms with Crippen LogP contribution in [0.15, 0.2) is 40.9 Å². The standard InChI is InChI=1S/C15H13BrClFO/c1-9-5-6-10(16)7-11(9)15(19)8-12-13(17)3-2-4-14(12)18/h2-7,15,19H,8H2,1H3. The van der Waals surface area contributed by atoms with E-state index in [0.717, 1.165) is 15.6 Å². The molecule has 19 heavy (non-hydrogen) atoms. The van der Waals surface area contributed by atoms with Crippen molar-refractivity contribution in [1.82, 2.24) is 0 Å². The number of benzene rings is 2. The lowest BCUT2D eigenvalue weighted by Crippen LogP contribution is -2.06. The monoisotopic (exact) mass is 342 g/mol. The van der Waals surface area contributed by atoms with E-state index in [1.165, 1.54) is 6.07 Å². The minimum Gasteiger partial charge on any atom is -0.388 e. The summed E-state index contributed by atoms with van der Waals surface area (Å²) in [5.41, 5.74) is 2.08. The van der Waals surface area contributed by atoms with Crippen LogP contribution in [0, 0.1) is 12.7 Å². The third-order valence-electron chi connectivity index (χ3n) is 3.06. The molecule has 100 valence electrons. The summed E-state index contributed by atoms with van der Waals surface area (Å²) in [7, 11) is 0. The zero-order chi connectivity index (χ0) is 14.0. The maximum absolute atomic E-state index is 13.7. The minimum absolute atomic E-state index is 0.156. The second kappa shape index (κ2) is 6.04. The molecule has 0 aromatic heterocycles. The molecular formula is C15H13BrClFO. The summed E-state index contributed by atoms with van der Waals surface area (Å²) in [6.07, 6.45) is -0.630. The quantitative estimate of drug-likeness (QED) is 0.846. The van der Waals surface area contributed by atoms with Gasteiger partial charge in [0.15, 0.2) is 0 Å². The highest BCUT2D eigenvalue weighted by Gasteiger charge is 2.16. The van der Waals surface area contributed by atoms with Crippen molar-refractivity contribution in [2.75, 3.05) is 0 Å². The molecule has 0 spiro atoms. The number of hydrogen-bond acceptors (Lipinski definition) is 1. The molecule has 2 rings (SSSR count). The van der Waals surface area contributed by atoms with Crippen LogP contribution >= 0.6 is 27.5 Å². The first kappa shape index (κ1) is 14.5. The van der Waals surface area contributed by atoms with E-state index in [2.05, 4.69) is 15.9 Å². The van der Waals surface area contributed by atoms with E-state index >= 15 is 0 Å². The van der Waals surface area contributed by atoms with E-state index in [9.17, 15) is 9.50 Å². The summed E-state index contributed by atoms with van der Waals surface area (Å²) in [4.78, 5) is 0. The lowest BCUT2D eigenvalue weighted by atomic mass is 9.97. The summed E-state index contributed by atoms with van der Waals surface area (Å²) in [5.74, 6) is -0.390. The third-order valence-corrected chi connectivity index (χ3v) is 3.91. The fourth-order valence-corrected chi connectivity index (χ4v) is 2.62. The lowest BCUT2D eigenvalue weighted by Gasteiger charge is -2.15. The fourth-order valence-electron chi connectivity index (χ4n) is 2.00. The molecule has 2 aromatic carbocycles. The Balaban J connectivity index is 2.31. The molecule has 4 heteroatoms. The van der Waals surface area contributed by atoms with Gasteiger partial charge < -0.3 is 5.11 Å². The van der Waals surface area contributed by atoms with Gasteiger partial charge in [-0.05, 0) is 42.3 Å². The predicted molar refractivity (Wildman–Crippen MR) is 79.0 cm³/mol. The summed E-state index contributed by atoms with van der Waals surface area (Å²) in [6, 6.07) is 10.2. The van der Waals surface area contributed by atoms with Crippen LogP contribution in [0.3, 0.4) is 0 Å². The Hall–Kier alpha value is -0.900. The van der Waals surface area contributed by atoms with E-state index in [-0.39, 0.29) is 12.2 Å². The van der Waals surface area contributed by atoms with Crippen LogP contribution in [0.4, 0.5) is 4.39 Å². The van der Waals surface area contributed by atoms with E-state index < -0.39 is 6.10 Å². The molecule has 2 aromatic rings. The van der Waals surface area contributed by atoms with Gasteiger partial charge in [0.1, 0.15) is 5.82 Å². The number of hydrogen-bond donors (Lipinski definition) is 1. The van der Waals surface area contributed by atoms with Crippen molar-refractivity contribution >= 4 is 27.5 Å². The van der Waals surface area contributed by atoms with E-state index in [1.807, 2.05) is 25.1 Å². The SMILES string of the molecule is Cc1ccc(Br)cc1C(O)Cc1c(F)cccc1Cl. The summed E-state index contributed by atoms with van der Waals surface area (Å²) >= 11 is 9.34. The van der Waals surface area contributed by atoms with E-state index in [0.29, 0.717) is 10.6 Å². The molecule has 1 N–H and O–H groups in total. The molecule has 0 radical (unpaired) electrons. The normalized spacial score (nSPS) is 12.5. The van der Waals surface area contributed by atoms with Crippen molar-refractivity contribution in [3.63, 3.8) is 0 Å². The van der Waals surface area contributed by atoms with Gasteiger partial charge in [-0.15, -0.1) is 0 Å². The minimum atomic E-state index is -0.785. The summed E-state index contributed by atoms with van der Waals surface area (Å²) in [6.45, 7) is 1.91. The molecule has 0 aliphatic rings. The number of rotatable bonds is 3. The molecule has 1 atom stereocenters. The van der Waals surface area contributed by atoms with Crippen molar-refractivity contribution in [1.29, 1.82) is 0 Å².